The Kier molecular flexibility index (Phi) is 10.4. The summed E-state index contributed by atoms with van der Waals surface area (Å²) in [5.41, 5.74) is 1.52. The number of rotatable bonds is 10. The number of piperazine rings is 1. The zero-order valence-corrected chi connectivity index (χ0v) is 29.1. The minimum atomic E-state index is -0.614. The van der Waals surface area contributed by atoms with E-state index in [-0.39, 0.29) is 64.4 Å². The first-order valence-corrected chi connectivity index (χ1v) is 16.4. The molecular formula is C35H41ClFN7O4. The van der Waals surface area contributed by atoms with Gasteiger partial charge in [0.15, 0.2) is 5.65 Å². The van der Waals surface area contributed by atoms with Crippen LogP contribution in [0.4, 0.5) is 10.2 Å². The highest BCUT2D eigenvalue weighted by Gasteiger charge is 2.34. The smallest absolute Gasteiger partial charge is 0.355 e. The number of methoxy groups -OCH3 is 1. The van der Waals surface area contributed by atoms with Crippen molar-refractivity contribution in [2.24, 2.45) is 0 Å². The molecule has 4 heterocycles. The topological polar surface area (TPSA) is 116 Å². The van der Waals surface area contributed by atoms with Crippen molar-refractivity contribution in [3.8, 4) is 23.0 Å². The number of amides is 1. The Morgan fingerprint density at radius 2 is 1.71 bits per heavy atom. The Balaban J connectivity index is 1.84. The maximum Gasteiger partial charge on any atom is 0.355 e. The summed E-state index contributed by atoms with van der Waals surface area (Å²) in [6, 6.07) is 7.63. The molecule has 3 aromatic heterocycles. The lowest BCUT2D eigenvalue weighted by Gasteiger charge is -2.44. The summed E-state index contributed by atoms with van der Waals surface area (Å²) in [4.78, 5) is 49.8. The van der Waals surface area contributed by atoms with Gasteiger partial charge in [-0.1, -0.05) is 58.0 Å². The minimum Gasteiger partial charge on any atom is -0.461 e. The molecule has 0 saturated carbocycles. The van der Waals surface area contributed by atoms with Crippen LogP contribution in [0.1, 0.15) is 64.8 Å². The van der Waals surface area contributed by atoms with E-state index in [1.165, 1.54) is 16.7 Å². The van der Waals surface area contributed by atoms with Gasteiger partial charge in [-0.2, -0.15) is 15.0 Å². The Labute approximate surface area is 284 Å². The summed E-state index contributed by atoms with van der Waals surface area (Å²) in [7, 11) is 1.58. The molecule has 0 radical (unpaired) electrons. The fraction of sp³-hybridized carbons (Fsp3) is 0.429. The van der Waals surface area contributed by atoms with Gasteiger partial charge in [-0.05, 0) is 50.0 Å². The average molecular weight is 678 g/mol. The van der Waals surface area contributed by atoms with Crippen LogP contribution in [0, 0.1) is 5.82 Å². The summed E-state index contributed by atoms with van der Waals surface area (Å²) in [5.74, 6) is -0.642. The van der Waals surface area contributed by atoms with Gasteiger partial charge >= 0.3 is 11.7 Å². The number of ether oxygens (including phenoxy) is 2. The van der Waals surface area contributed by atoms with Gasteiger partial charge in [0.1, 0.15) is 18.2 Å². The molecule has 0 bridgehead atoms. The number of hydrogen-bond acceptors (Lipinski definition) is 9. The quantitative estimate of drug-likeness (QED) is 0.149. The van der Waals surface area contributed by atoms with Gasteiger partial charge in [0.05, 0.1) is 39.8 Å². The van der Waals surface area contributed by atoms with Crippen LogP contribution in [0.5, 0.6) is 6.01 Å². The van der Waals surface area contributed by atoms with E-state index >= 15 is 4.39 Å². The van der Waals surface area contributed by atoms with Crippen molar-refractivity contribution < 1.29 is 18.7 Å². The second kappa shape index (κ2) is 14.4. The van der Waals surface area contributed by atoms with E-state index in [1.807, 2.05) is 46.4 Å². The molecule has 0 unspecified atom stereocenters. The third kappa shape index (κ3) is 6.64. The summed E-state index contributed by atoms with van der Waals surface area (Å²) >= 11 is 6.87. The van der Waals surface area contributed by atoms with E-state index in [2.05, 4.69) is 11.6 Å². The summed E-state index contributed by atoms with van der Waals surface area (Å²) in [5, 5.41) is 0.667. The molecule has 1 fully saturated rings. The first-order chi connectivity index (χ1) is 22.9. The fourth-order valence-electron chi connectivity index (χ4n) is 6.00. The predicted octanol–water partition coefficient (Wildman–Crippen LogP) is 5.91. The lowest BCUT2D eigenvalue weighted by Crippen LogP contribution is -2.58. The molecule has 11 nitrogen and oxygen atoms in total. The largest absolute Gasteiger partial charge is 0.461 e. The van der Waals surface area contributed by atoms with Crippen molar-refractivity contribution in [2.75, 3.05) is 38.3 Å². The molecule has 2 atom stereocenters. The summed E-state index contributed by atoms with van der Waals surface area (Å²) < 4.78 is 27.6. The van der Waals surface area contributed by atoms with Crippen LogP contribution in [-0.2, 0) is 9.53 Å². The number of nitrogens with zero attached hydrogens (tertiary/aromatic N) is 7. The lowest BCUT2D eigenvalue weighted by atomic mass is 10.0. The van der Waals surface area contributed by atoms with E-state index < -0.39 is 11.5 Å². The maximum atomic E-state index is 15.2. The van der Waals surface area contributed by atoms with E-state index in [1.54, 1.807) is 36.3 Å². The highest BCUT2D eigenvalue weighted by Crippen LogP contribution is 2.37. The number of pyridine rings is 1. The summed E-state index contributed by atoms with van der Waals surface area (Å²) in [6.07, 6.45) is 1.30. The molecule has 1 saturated heterocycles. The SMILES string of the molecule is C=CC(=O)N1C[C@H](C)N(c2nc(=O)n(-c3c(C(C)C)nc(OCCOC)nc3C(C)C)c3nc(-c4ccccc4F)c(Cl)cc23)C[C@H]1C. The van der Waals surface area contributed by atoms with Crippen molar-refractivity contribution in [3.63, 3.8) is 0 Å². The highest BCUT2D eigenvalue weighted by atomic mass is 35.5. The van der Waals surface area contributed by atoms with Gasteiger partial charge in [0.25, 0.3) is 0 Å². The molecule has 48 heavy (non-hydrogen) atoms. The van der Waals surface area contributed by atoms with Crippen LogP contribution in [-0.4, -0.2) is 80.8 Å². The third-order valence-corrected chi connectivity index (χ3v) is 8.69. The standard InChI is InChI=1S/C35H41ClFN7O4/c1-9-27(45)42-17-22(7)43(18-21(42)6)32-24-16-25(36)30(23-12-10-11-13-26(23)37)38-33(24)44(35(46)41-32)31-28(19(2)3)39-34(48-15-14-47-8)40-29(31)20(4)5/h9-13,16,19-22H,1,14-15,17-18H2,2-8H3/t21-,22+/m1/s1. The van der Waals surface area contributed by atoms with Gasteiger partial charge in [-0.25, -0.2) is 18.7 Å². The van der Waals surface area contributed by atoms with Gasteiger partial charge in [0.2, 0.25) is 5.91 Å². The first-order valence-electron chi connectivity index (χ1n) is 16.0. The van der Waals surface area contributed by atoms with Crippen molar-refractivity contribution in [3.05, 3.63) is 75.7 Å². The number of halogens is 2. The Hall–Kier alpha value is -4.42. The summed E-state index contributed by atoms with van der Waals surface area (Å²) in [6.45, 7) is 16.8. The van der Waals surface area contributed by atoms with Crippen LogP contribution in [0.15, 0.2) is 47.8 Å². The molecule has 1 amide bonds. The fourth-order valence-corrected chi connectivity index (χ4v) is 6.25. The number of aromatic nitrogens is 5. The molecule has 0 aliphatic carbocycles. The predicted molar refractivity (Wildman–Crippen MR) is 185 cm³/mol. The van der Waals surface area contributed by atoms with Crippen molar-refractivity contribution in [1.29, 1.82) is 0 Å². The number of fused-ring (bicyclic) bond motifs is 1. The van der Waals surface area contributed by atoms with Crippen LogP contribution < -0.4 is 15.3 Å². The van der Waals surface area contributed by atoms with Crippen LogP contribution in [0.2, 0.25) is 5.02 Å². The molecule has 13 heteroatoms. The molecule has 254 valence electrons. The second-order valence-electron chi connectivity index (χ2n) is 12.5. The molecule has 5 rings (SSSR count). The molecule has 0 spiro atoms. The normalized spacial score (nSPS) is 16.6. The van der Waals surface area contributed by atoms with Crippen molar-refractivity contribution >= 4 is 34.4 Å². The zero-order chi connectivity index (χ0) is 34.9. The lowest BCUT2D eigenvalue weighted by molar-refractivity contribution is -0.128. The van der Waals surface area contributed by atoms with Gasteiger partial charge < -0.3 is 19.3 Å². The van der Waals surface area contributed by atoms with Crippen molar-refractivity contribution in [2.45, 2.75) is 65.5 Å². The number of carbonyl (C=O) groups is 1. The zero-order valence-electron chi connectivity index (χ0n) is 28.3. The van der Waals surface area contributed by atoms with Crippen molar-refractivity contribution in [1.82, 2.24) is 29.4 Å². The van der Waals surface area contributed by atoms with Crippen LogP contribution >= 0.6 is 11.6 Å². The maximum absolute atomic E-state index is 15.2. The average Bonchev–Trinajstić information content (AvgIpc) is 3.05. The van der Waals surface area contributed by atoms with E-state index in [0.717, 1.165) is 0 Å². The molecule has 1 aliphatic heterocycles. The third-order valence-electron chi connectivity index (χ3n) is 8.40. The molecule has 4 aromatic rings. The van der Waals surface area contributed by atoms with Crippen LogP contribution in [0.3, 0.4) is 0 Å². The number of carbonyl (C=O) groups excluding carboxylic acids is 1. The second-order valence-corrected chi connectivity index (χ2v) is 13.0. The monoisotopic (exact) mass is 677 g/mol. The first kappa shape index (κ1) is 34.9. The van der Waals surface area contributed by atoms with E-state index in [9.17, 15) is 9.59 Å². The van der Waals surface area contributed by atoms with E-state index in [4.69, 9.17) is 36.0 Å². The highest BCUT2D eigenvalue weighted by molar-refractivity contribution is 6.33. The van der Waals surface area contributed by atoms with E-state index in [0.29, 0.717) is 48.0 Å². The number of benzene rings is 1. The Morgan fingerprint density at radius 3 is 2.31 bits per heavy atom. The molecule has 0 N–H and O–H groups in total. The Morgan fingerprint density at radius 1 is 1.04 bits per heavy atom. The minimum absolute atomic E-state index is 0.165. The Bertz CT molecular complexity index is 1890. The molecule has 1 aliphatic rings. The van der Waals surface area contributed by atoms with Crippen LogP contribution in [0.25, 0.3) is 28.0 Å². The molecule has 1 aromatic carbocycles. The van der Waals surface area contributed by atoms with Gasteiger partial charge in [-0.15, -0.1) is 0 Å². The van der Waals surface area contributed by atoms with Gasteiger partial charge in [-0.3, -0.25) is 4.79 Å². The van der Waals surface area contributed by atoms with Gasteiger partial charge in [0, 0.05) is 37.8 Å². The number of hydrogen-bond donors (Lipinski definition) is 0. The number of anilines is 1. The molecular weight excluding hydrogens is 637 g/mol.